The van der Waals surface area contributed by atoms with Crippen LogP contribution in [0.15, 0.2) is 47.6 Å². The first-order valence-electron chi connectivity index (χ1n) is 9.07. The number of nitrogens with one attached hydrogen (secondary N) is 1. The minimum absolute atomic E-state index is 0.180. The van der Waals surface area contributed by atoms with Gasteiger partial charge < -0.3 is 15.9 Å². The highest BCUT2D eigenvalue weighted by Crippen LogP contribution is 2.31. The molecule has 0 fully saturated rings. The van der Waals surface area contributed by atoms with E-state index in [0.29, 0.717) is 32.3 Å². The SMILES string of the molecule is COc1ccccc1-c1nnc(S[C@H](C)C(=O)N[C@@H](C)c2ccc(Cl)cc2Cl)n1N. The third-order valence-electron chi connectivity index (χ3n) is 4.45. The fourth-order valence-electron chi connectivity index (χ4n) is 2.84. The number of nitrogens with two attached hydrogens (primary N) is 1. The molecule has 10 heteroatoms. The lowest BCUT2D eigenvalue weighted by atomic mass is 10.1. The molecule has 158 valence electrons. The van der Waals surface area contributed by atoms with Gasteiger partial charge >= 0.3 is 0 Å². The largest absolute Gasteiger partial charge is 0.496 e. The molecular formula is C20H21Cl2N5O2S. The molecule has 0 unspecified atom stereocenters. The maximum atomic E-state index is 12.7. The number of hydrogen-bond acceptors (Lipinski definition) is 6. The second-order valence-corrected chi connectivity index (χ2v) is 8.68. The molecule has 2 aromatic carbocycles. The molecule has 3 aromatic rings. The van der Waals surface area contributed by atoms with Crippen LogP contribution in [0, 0.1) is 0 Å². The Morgan fingerprint density at radius 1 is 1.20 bits per heavy atom. The van der Waals surface area contributed by atoms with Gasteiger partial charge in [0.1, 0.15) is 5.75 Å². The molecule has 0 radical (unpaired) electrons. The number of methoxy groups -OCH3 is 1. The summed E-state index contributed by atoms with van der Waals surface area (Å²) in [4.78, 5) is 12.7. The van der Waals surface area contributed by atoms with Gasteiger partial charge in [-0.05, 0) is 43.7 Å². The summed E-state index contributed by atoms with van der Waals surface area (Å²) in [7, 11) is 1.58. The zero-order chi connectivity index (χ0) is 21.8. The average molecular weight is 466 g/mol. The van der Waals surface area contributed by atoms with Gasteiger partial charge in [0.2, 0.25) is 11.1 Å². The van der Waals surface area contributed by atoms with Crippen molar-refractivity contribution < 1.29 is 9.53 Å². The Hall–Kier alpha value is -2.42. The first-order valence-corrected chi connectivity index (χ1v) is 10.7. The van der Waals surface area contributed by atoms with Crippen LogP contribution in [-0.4, -0.2) is 33.1 Å². The van der Waals surface area contributed by atoms with Crippen molar-refractivity contribution in [1.82, 2.24) is 20.2 Å². The molecule has 3 rings (SSSR count). The number of hydrogen-bond donors (Lipinski definition) is 2. The Labute approximate surface area is 188 Å². The lowest BCUT2D eigenvalue weighted by Crippen LogP contribution is -2.33. The monoisotopic (exact) mass is 465 g/mol. The summed E-state index contributed by atoms with van der Waals surface area (Å²) in [5, 5.41) is 12.2. The molecule has 1 amide bonds. The third-order valence-corrected chi connectivity index (χ3v) is 6.07. The number of ether oxygens (including phenoxy) is 1. The Morgan fingerprint density at radius 3 is 2.63 bits per heavy atom. The first kappa shape index (κ1) is 22.3. The Morgan fingerprint density at radius 2 is 1.93 bits per heavy atom. The van der Waals surface area contributed by atoms with E-state index >= 15 is 0 Å². The van der Waals surface area contributed by atoms with Gasteiger partial charge in [-0.3, -0.25) is 4.79 Å². The number of nitrogen functional groups attached to an aromatic ring is 1. The number of para-hydroxylation sites is 1. The number of thioether (sulfide) groups is 1. The van der Waals surface area contributed by atoms with Crippen LogP contribution in [0.2, 0.25) is 10.0 Å². The van der Waals surface area contributed by atoms with Crippen molar-refractivity contribution in [3.8, 4) is 17.1 Å². The van der Waals surface area contributed by atoms with E-state index in [-0.39, 0.29) is 11.9 Å². The quantitative estimate of drug-likeness (QED) is 0.398. The molecule has 0 aliphatic rings. The lowest BCUT2D eigenvalue weighted by Gasteiger charge is -2.18. The number of carbonyl (C=O) groups excluding carboxylic acids is 1. The predicted molar refractivity (Wildman–Crippen MR) is 120 cm³/mol. The van der Waals surface area contributed by atoms with Crippen LogP contribution >= 0.6 is 35.0 Å². The highest BCUT2D eigenvalue weighted by atomic mass is 35.5. The number of benzene rings is 2. The van der Waals surface area contributed by atoms with Crippen LogP contribution in [0.25, 0.3) is 11.4 Å². The van der Waals surface area contributed by atoms with Gasteiger partial charge in [-0.1, -0.05) is 53.2 Å². The standard InChI is InChI=1S/C20H21Cl2N5O2S/c1-11(14-9-8-13(21)10-16(14)22)24-19(28)12(2)30-20-26-25-18(27(20)23)15-6-4-5-7-17(15)29-3/h4-12H,23H2,1-3H3,(H,24,28)/t11-,12+/m0/s1. The molecule has 0 saturated carbocycles. The topological polar surface area (TPSA) is 95.1 Å². The summed E-state index contributed by atoms with van der Waals surface area (Å²) >= 11 is 13.4. The van der Waals surface area contributed by atoms with Crippen molar-refractivity contribution >= 4 is 40.9 Å². The zero-order valence-electron chi connectivity index (χ0n) is 16.6. The van der Waals surface area contributed by atoms with Crippen LogP contribution in [0.3, 0.4) is 0 Å². The molecule has 0 aliphatic heterocycles. The van der Waals surface area contributed by atoms with Gasteiger partial charge in [0, 0.05) is 10.0 Å². The number of amides is 1. The fraction of sp³-hybridized carbons (Fsp3) is 0.250. The first-order chi connectivity index (χ1) is 14.3. The molecule has 0 spiro atoms. The number of carbonyl (C=O) groups is 1. The second kappa shape index (κ2) is 9.59. The van der Waals surface area contributed by atoms with E-state index in [0.717, 1.165) is 5.56 Å². The Balaban J connectivity index is 1.71. The summed E-state index contributed by atoms with van der Waals surface area (Å²) in [6.45, 7) is 3.63. The molecule has 0 bridgehead atoms. The molecule has 2 atom stereocenters. The molecule has 30 heavy (non-hydrogen) atoms. The van der Waals surface area contributed by atoms with Crippen LogP contribution < -0.4 is 15.9 Å². The molecular weight excluding hydrogens is 445 g/mol. The van der Waals surface area contributed by atoms with E-state index in [4.69, 9.17) is 33.8 Å². The highest BCUT2D eigenvalue weighted by molar-refractivity contribution is 8.00. The summed E-state index contributed by atoms with van der Waals surface area (Å²) in [6, 6.07) is 12.3. The van der Waals surface area contributed by atoms with E-state index in [2.05, 4.69) is 15.5 Å². The van der Waals surface area contributed by atoms with Crippen LogP contribution in [0.1, 0.15) is 25.5 Å². The number of rotatable bonds is 7. The third kappa shape index (κ3) is 4.83. The van der Waals surface area contributed by atoms with E-state index < -0.39 is 5.25 Å². The van der Waals surface area contributed by atoms with Gasteiger partial charge in [0.25, 0.3) is 0 Å². The van der Waals surface area contributed by atoms with E-state index in [1.807, 2.05) is 31.2 Å². The summed E-state index contributed by atoms with van der Waals surface area (Å²) in [6.07, 6.45) is 0. The molecule has 7 nitrogen and oxygen atoms in total. The van der Waals surface area contributed by atoms with Crippen LogP contribution in [0.4, 0.5) is 0 Å². The van der Waals surface area contributed by atoms with E-state index in [1.54, 1.807) is 32.2 Å². The van der Waals surface area contributed by atoms with Gasteiger partial charge in [-0.2, -0.15) is 0 Å². The van der Waals surface area contributed by atoms with Crippen LogP contribution in [0.5, 0.6) is 5.75 Å². The normalized spacial score (nSPS) is 13.0. The number of aromatic nitrogens is 3. The van der Waals surface area contributed by atoms with Crippen molar-refractivity contribution in [3.63, 3.8) is 0 Å². The lowest BCUT2D eigenvalue weighted by molar-refractivity contribution is -0.120. The minimum Gasteiger partial charge on any atom is -0.496 e. The second-order valence-electron chi connectivity index (χ2n) is 6.53. The van der Waals surface area contributed by atoms with Crippen LogP contribution in [-0.2, 0) is 4.79 Å². The summed E-state index contributed by atoms with van der Waals surface area (Å²) in [5.41, 5.74) is 1.50. The Bertz CT molecular complexity index is 1060. The molecule has 1 aromatic heterocycles. The predicted octanol–water partition coefficient (Wildman–Crippen LogP) is 4.33. The maximum absolute atomic E-state index is 12.7. The summed E-state index contributed by atoms with van der Waals surface area (Å²) in [5.74, 6) is 7.09. The molecule has 3 N–H and O–H groups in total. The van der Waals surface area contributed by atoms with E-state index in [1.165, 1.54) is 16.4 Å². The molecule has 0 saturated heterocycles. The van der Waals surface area contributed by atoms with Crippen molar-refractivity contribution in [2.24, 2.45) is 0 Å². The van der Waals surface area contributed by atoms with Gasteiger partial charge in [-0.25, -0.2) is 4.68 Å². The van der Waals surface area contributed by atoms with Crippen molar-refractivity contribution in [1.29, 1.82) is 0 Å². The Kier molecular flexibility index (Phi) is 7.12. The van der Waals surface area contributed by atoms with Gasteiger partial charge in [-0.15, -0.1) is 10.2 Å². The fourth-order valence-corrected chi connectivity index (χ4v) is 4.19. The minimum atomic E-state index is -0.462. The molecule has 0 aliphatic carbocycles. The van der Waals surface area contributed by atoms with Crippen molar-refractivity contribution in [2.75, 3.05) is 13.0 Å². The zero-order valence-corrected chi connectivity index (χ0v) is 18.9. The van der Waals surface area contributed by atoms with Gasteiger partial charge in [0.05, 0.1) is 24.0 Å². The number of nitrogens with zero attached hydrogens (tertiary/aromatic N) is 3. The van der Waals surface area contributed by atoms with Crippen molar-refractivity contribution in [3.05, 3.63) is 58.1 Å². The van der Waals surface area contributed by atoms with Gasteiger partial charge in [0.15, 0.2) is 5.82 Å². The number of halogens is 2. The van der Waals surface area contributed by atoms with Crippen molar-refractivity contribution in [2.45, 2.75) is 30.3 Å². The maximum Gasteiger partial charge on any atom is 0.233 e. The highest BCUT2D eigenvalue weighted by Gasteiger charge is 2.23. The smallest absolute Gasteiger partial charge is 0.233 e. The molecule has 1 heterocycles. The summed E-state index contributed by atoms with van der Waals surface area (Å²) < 4.78 is 6.71. The average Bonchev–Trinajstić information content (AvgIpc) is 3.07. The van der Waals surface area contributed by atoms with E-state index in [9.17, 15) is 4.79 Å².